The highest BCUT2D eigenvalue weighted by Crippen LogP contribution is 2.20. The van der Waals surface area contributed by atoms with E-state index >= 15 is 0 Å². The van der Waals surface area contributed by atoms with Gasteiger partial charge in [0.25, 0.3) is 0 Å². The van der Waals surface area contributed by atoms with Crippen LogP contribution in [-0.4, -0.2) is 26.1 Å². The smallest absolute Gasteiger partial charge is 0.245 e. The standard InChI is InChI=1S/C21H25N5O/c1-15(2)18-9-11-19(12-10-18)16(3)23-21(27)20(26-14-22-24-25-26)13-17-7-5-4-6-8-17/h4-12,14-16,20H,13H2,1-3H3,(H,23,27)/t16-,20+/m1/s1. The average Bonchev–Trinajstić information content (AvgIpc) is 3.21. The van der Waals surface area contributed by atoms with E-state index in [-0.39, 0.29) is 11.9 Å². The number of carbonyl (C=O) groups is 1. The first-order valence-corrected chi connectivity index (χ1v) is 9.21. The molecule has 0 spiro atoms. The second kappa shape index (κ2) is 8.58. The second-order valence-electron chi connectivity index (χ2n) is 7.05. The van der Waals surface area contributed by atoms with E-state index in [0.717, 1.165) is 11.1 Å². The largest absolute Gasteiger partial charge is 0.348 e. The lowest BCUT2D eigenvalue weighted by atomic mass is 9.99. The van der Waals surface area contributed by atoms with Crippen molar-refractivity contribution in [3.8, 4) is 0 Å². The van der Waals surface area contributed by atoms with Crippen molar-refractivity contribution in [1.29, 1.82) is 0 Å². The number of nitrogens with zero attached hydrogens (tertiary/aromatic N) is 4. The number of amides is 1. The maximum atomic E-state index is 13.0. The van der Waals surface area contributed by atoms with Gasteiger partial charge >= 0.3 is 0 Å². The Kier molecular flexibility index (Phi) is 5.96. The molecule has 0 saturated carbocycles. The van der Waals surface area contributed by atoms with Crippen LogP contribution in [0.15, 0.2) is 60.9 Å². The molecule has 0 saturated heterocycles. The van der Waals surface area contributed by atoms with Gasteiger partial charge in [0.15, 0.2) is 0 Å². The van der Waals surface area contributed by atoms with Crippen molar-refractivity contribution in [2.75, 3.05) is 0 Å². The number of aromatic nitrogens is 4. The molecule has 6 nitrogen and oxygen atoms in total. The van der Waals surface area contributed by atoms with Gasteiger partial charge in [-0.3, -0.25) is 4.79 Å². The molecule has 0 aliphatic heterocycles. The van der Waals surface area contributed by atoms with Crippen molar-refractivity contribution in [1.82, 2.24) is 25.5 Å². The maximum Gasteiger partial charge on any atom is 0.245 e. The number of benzene rings is 2. The van der Waals surface area contributed by atoms with Crippen molar-refractivity contribution in [2.45, 2.75) is 45.2 Å². The Morgan fingerprint density at radius 3 is 2.26 bits per heavy atom. The Bertz CT molecular complexity index is 844. The van der Waals surface area contributed by atoms with E-state index in [4.69, 9.17) is 0 Å². The van der Waals surface area contributed by atoms with Crippen LogP contribution >= 0.6 is 0 Å². The summed E-state index contributed by atoms with van der Waals surface area (Å²) in [7, 11) is 0. The predicted octanol–water partition coefficient (Wildman–Crippen LogP) is 3.46. The first kappa shape index (κ1) is 18.8. The molecule has 0 aliphatic rings. The van der Waals surface area contributed by atoms with E-state index in [0.29, 0.717) is 12.3 Å². The first-order valence-electron chi connectivity index (χ1n) is 9.21. The fraction of sp³-hybridized carbons (Fsp3) is 0.333. The molecule has 3 rings (SSSR count). The molecule has 1 aromatic heterocycles. The van der Waals surface area contributed by atoms with E-state index in [9.17, 15) is 4.79 Å². The summed E-state index contributed by atoms with van der Waals surface area (Å²) in [5.74, 6) is 0.380. The van der Waals surface area contributed by atoms with E-state index in [2.05, 4.69) is 59.0 Å². The highest BCUT2D eigenvalue weighted by atomic mass is 16.2. The minimum atomic E-state index is -0.500. The third-order valence-corrected chi connectivity index (χ3v) is 4.72. The molecule has 6 heteroatoms. The quantitative estimate of drug-likeness (QED) is 0.698. The Morgan fingerprint density at radius 1 is 1.00 bits per heavy atom. The molecule has 0 aliphatic carbocycles. The van der Waals surface area contributed by atoms with Crippen LogP contribution in [0.25, 0.3) is 0 Å². The van der Waals surface area contributed by atoms with Gasteiger partial charge in [0.2, 0.25) is 5.91 Å². The topological polar surface area (TPSA) is 72.7 Å². The third-order valence-electron chi connectivity index (χ3n) is 4.72. The Morgan fingerprint density at radius 2 is 1.67 bits per heavy atom. The molecule has 1 amide bonds. The highest BCUT2D eigenvalue weighted by molar-refractivity contribution is 5.80. The number of rotatable bonds is 7. The summed E-state index contributed by atoms with van der Waals surface area (Å²) in [4.78, 5) is 13.0. The van der Waals surface area contributed by atoms with Crippen LogP contribution < -0.4 is 5.32 Å². The summed E-state index contributed by atoms with van der Waals surface area (Å²) in [6.07, 6.45) is 2.01. The van der Waals surface area contributed by atoms with Crippen LogP contribution in [0.2, 0.25) is 0 Å². The van der Waals surface area contributed by atoms with Crippen molar-refractivity contribution in [3.63, 3.8) is 0 Å². The monoisotopic (exact) mass is 363 g/mol. The zero-order valence-corrected chi connectivity index (χ0v) is 15.9. The van der Waals surface area contributed by atoms with Gasteiger partial charge in [0, 0.05) is 6.42 Å². The second-order valence-corrected chi connectivity index (χ2v) is 7.05. The Hall–Kier alpha value is -3.02. The zero-order valence-electron chi connectivity index (χ0n) is 15.9. The number of hydrogen-bond acceptors (Lipinski definition) is 4. The molecule has 27 heavy (non-hydrogen) atoms. The van der Waals surface area contributed by atoms with E-state index in [1.54, 1.807) is 0 Å². The van der Waals surface area contributed by atoms with E-state index < -0.39 is 6.04 Å². The summed E-state index contributed by atoms with van der Waals surface area (Å²) in [5.41, 5.74) is 3.41. The van der Waals surface area contributed by atoms with Gasteiger partial charge in [-0.25, -0.2) is 4.68 Å². The lowest BCUT2D eigenvalue weighted by Crippen LogP contribution is -2.35. The normalized spacial score (nSPS) is 13.3. The average molecular weight is 363 g/mol. The van der Waals surface area contributed by atoms with Crippen LogP contribution in [0.5, 0.6) is 0 Å². The molecule has 3 aromatic rings. The highest BCUT2D eigenvalue weighted by Gasteiger charge is 2.24. The van der Waals surface area contributed by atoms with Crippen molar-refractivity contribution in [2.24, 2.45) is 0 Å². The number of hydrogen-bond donors (Lipinski definition) is 1. The van der Waals surface area contributed by atoms with Gasteiger partial charge in [0.05, 0.1) is 6.04 Å². The minimum absolute atomic E-state index is 0.103. The molecule has 0 fully saturated rings. The molecule has 140 valence electrons. The molecule has 0 unspecified atom stereocenters. The van der Waals surface area contributed by atoms with Gasteiger partial charge in [-0.15, -0.1) is 5.10 Å². The lowest BCUT2D eigenvalue weighted by molar-refractivity contribution is -0.125. The number of carbonyl (C=O) groups excluding carboxylic acids is 1. The summed E-state index contributed by atoms with van der Waals surface area (Å²) in [6, 6.07) is 17.7. The molecule has 2 aromatic carbocycles. The molecule has 0 bridgehead atoms. The van der Waals surface area contributed by atoms with Gasteiger partial charge in [-0.1, -0.05) is 68.4 Å². The molecular weight excluding hydrogens is 338 g/mol. The Balaban J connectivity index is 1.73. The van der Waals surface area contributed by atoms with Gasteiger partial charge in [-0.05, 0) is 40.0 Å². The zero-order chi connectivity index (χ0) is 19.2. The van der Waals surface area contributed by atoms with E-state index in [1.807, 2.05) is 37.3 Å². The summed E-state index contributed by atoms with van der Waals surface area (Å²) in [6.45, 7) is 6.32. The SMILES string of the molecule is CC(C)c1ccc([C@@H](C)NC(=O)[C@H](Cc2ccccc2)n2cnnn2)cc1. The van der Waals surface area contributed by atoms with Gasteiger partial charge in [0.1, 0.15) is 12.4 Å². The lowest BCUT2D eigenvalue weighted by Gasteiger charge is -2.21. The maximum absolute atomic E-state index is 13.0. The van der Waals surface area contributed by atoms with Crippen molar-refractivity contribution >= 4 is 5.91 Å². The Labute approximate surface area is 159 Å². The van der Waals surface area contributed by atoms with Crippen molar-refractivity contribution in [3.05, 3.63) is 77.6 Å². The summed E-state index contributed by atoms with van der Waals surface area (Å²) >= 11 is 0. The molecule has 0 radical (unpaired) electrons. The van der Waals surface area contributed by atoms with Crippen LogP contribution in [0.4, 0.5) is 0 Å². The fourth-order valence-electron chi connectivity index (χ4n) is 3.02. The first-order chi connectivity index (χ1) is 13.0. The fourth-order valence-corrected chi connectivity index (χ4v) is 3.02. The minimum Gasteiger partial charge on any atom is -0.348 e. The molecular formula is C21H25N5O. The van der Waals surface area contributed by atoms with E-state index in [1.165, 1.54) is 16.6 Å². The summed E-state index contributed by atoms with van der Waals surface area (Å²) < 4.78 is 1.51. The number of tetrazole rings is 1. The van der Waals surface area contributed by atoms with Crippen LogP contribution in [0, 0.1) is 0 Å². The van der Waals surface area contributed by atoms with Crippen molar-refractivity contribution < 1.29 is 4.79 Å². The predicted molar refractivity (Wildman–Crippen MR) is 104 cm³/mol. The summed E-state index contributed by atoms with van der Waals surface area (Å²) in [5, 5.41) is 14.4. The van der Waals surface area contributed by atoms with Gasteiger partial charge < -0.3 is 5.32 Å². The third kappa shape index (κ3) is 4.78. The van der Waals surface area contributed by atoms with Crippen LogP contribution in [0.3, 0.4) is 0 Å². The molecule has 2 atom stereocenters. The molecule has 1 N–H and O–H groups in total. The van der Waals surface area contributed by atoms with Crippen LogP contribution in [-0.2, 0) is 11.2 Å². The van der Waals surface area contributed by atoms with Crippen LogP contribution in [0.1, 0.15) is 55.5 Å². The number of nitrogens with one attached hydrogen (secondary N) is 1. The molecule has 1 heterocycles. The van der Waals surface area contributed by atoms with Gasteiger partial charge in [-0.2, -0.15) is 0 Å².